The Kier molecular flexibility index (Phi) is 8.13. The maximum absolute atomic E-state index is 10.5. The zero-order valence-corrected chi connectivity index (χ0v) is 11.2. The van der Waals surface area contributed by atoms with Crippen molar-refractivity contribution in [3.05, 3.63) is 0 Å². The third-order valence-corrected chi connectivity index (χ3v) is 2.74. The second-order valence-electron chi connectivity index (χ2n) is 5.54. The van der Waals surface area contributed by atoms with Gasteiger partial charge in [0.25, 0.3) is 0 Å². The van der Waals surface area contributed by atoms with Crippen LogP contribution in [0.4, 0.5) is 0 Å². The third-order valence-electron chi connectivity index (χ3n) is 2.55. The molecule has 0 atom stereocenters. The molecule has 0 radical (unpaired) electrons. The van der Waals surface area contributed by atoms with Gasteiger partial charge in [0.1, 0.15) is 0 Å². The van der Waals surface area contributed by atoms with E-state index in [1.807, 2.05) is 0 Å². The zero-order valence-electron chi connectivity index (χ0n) is 10.4. The molecule has 90 valence electrons. The lowest BCUT2D eigenvalue weighted by Crippen LogP contribution is -2.03. The second kappa shape index (κ2) is 8.15. The second-order valence-corrected chi connectivity index (χ2v) is 5.96. The highest BCUT2D eigenvalue weighted by Crippen LogP contribution is 2.22. The minimum atomic E-state index is -0.192. The molecule has 1 nitrogen and oxygen atoms in total. The van der Waals surface area contributed by atoms with Crippen LogP contribution < -0.4 is 0 Å². The van der Waals surface area contributed by atoms with Crippen molar-refractivity contribution in [2.75, 3.05) is 0 Å². The molecule has 0 aromatic rings. The molecule has 0 bridgehead atoms. The van der Waals surface area contributed by atoms with E-state index in [0.29, 0.717) is 11.8 Å². The number of carbonyl (C=O) groups excluding carboxylic acids is 1. The Hall–Kier alpha value is -0.0400. The Morgan fingerprint density at radius 3 is 1.87 bits per heavy atom. The minimum absolute atomic E-state index is 0.192. The molecule has 0 aromatic heterocycles. The van der Waals surface area contributed by atoms with Gasteiger partial charge in [0, 0.05) is 6.42 Å². The first-order valence-corrected chi connectivity index (χ1v) is 6.48. The molecular weight excluding hydrogens is 208 g/mol. The van der Waals surface area contributed by atoms with Crippen LogP contribution in [0.5, 0.6) is 0 Å². The Labute approximate surface area is 99.6 Å². The predicted octanol–water partition coefficient (Wildman–Crippen LogP) is 4.92. The largest absolute Gasteiger partial charge is 0.281 e. The summed E-state index contributed by atoms with van der Waals surface area (Å²) in [6.45, 7) is 6.87. The molecule has 0 heterocycles. The van der Waals surface area contributed by atoms with Gasteiger partial charge in [0.15, 0.2) is 0 Å². The molecule has 0 unspecified atom stereocenters. The standard InChI is InChI=1S/C13H25ClO/c1-13(2,3)11-9-7-5-4-6-8-10-12(14)15/h4-11H2,1-3H3. The van der Waals surface area contributed by atoms with Gasteiger partial charge in [-0.25, -0.2) is 0 Å². The lowest BCUT2D eigenvalue weighted by Gasteiger charge is -2.17. The maximum Gasteiger partial charge on any atom is 0.221 e. The Balaban J connectivity index is 3.09. The summed E-state index contributed by atoms with van der Waals surface area (Å²) in [5.41, 5.74) is 0.477. The van der Waals surface area contributed by atoms with Crippen molar-refractivity contribution in [3.63, 3.8) is 0 Å². The molecule has 2 heteroatoms. The van der Waals surface area contributed by atoms with Crippen molar-refractivity contribution in [2.24, 2.45) is 5.41 Å². The van der Waals surface area contributed by atoms with E-state index < -0.39 is 0 Å². The van der Waals surface area contributed by atoms with Crippen molar-refractivity contribution in [1.82, 2.24) is 0 Å². The molecule has 0 aliphatic heterocycles. The van der Waals surface area contributed by atoms with Gasteiger partial charge in [-0.3, -0.25) is 4.79 Å². The zero-order chi connectivity index (χ0) is 11.7. The van der Waals surface area contributed by atoms with Gasteiger partial charge in [-0.1, -0.05) is 52.9 Å². The highest BCUT2D eigenvalue weighted by atomic mass is 35.5. The summed E-state index contributed by atoms with van der Waals surface area (Å²) in [6, 6.07) is 0. The molecule has 0 rings (SSSR count). The Bertz CT molecular complexity index is 170. The minimum Gasteiger partial charge on any atom is -0.281 e. The molecule has 0 aliphatic rings. The van der Waals surface area contributed by atoms with Crippen LogP contribution >= 0.6 is 11.6 Å². The summed E-state index contributed by atoms with van der Waals surface area (Å²) in [4.78, 5) is 10.5. The first kappa shape index (κ1) is 15.0. The van der Waals surface area contributed by atoms with Crippen molar-refractivity contribution in [3.8, 4) is 0 Å². The van der Waals surface area contributed by atoms with Crippen LogP contribution in [0.25, 0.3) is 0 Å². The van der Waals surface area contributed by atoms with Gasteiger partial charge in [0.2, 0.25) is 5.24 Å². The number of carbonyl (C=O) groups is 1. The maximum atomic E-state index is 10.5. The first-order chi connectivity index (χ1) is 6.92. The molecule has 0 saturated carbocycles. The van der Waals surface area contributed by atoms with Crippen LogP contribution in [0.1, 0.15) is 72.1 Å². The molecule has 0 aromatic carbocycles. The Morgan fingerprint density at radius 1 is 0.933 bits per heavy atom. The highest BCUT2D eigenvalue weighted by Gasteiger charge is 2.08. The summed E-state index contributed by atoms with van der Waals surface area (Å²) in [5.74, 6) is 0. The quantitative estimate of drug-likeness (QED) is 0.429. The van der Waals surface area contributed by atoms with E-state index >= 15 is 0 Å². The van der Waals surface area contributed by atoms with Gasteiger partial charge >= 0.3 is 0 Å². The highest BCUT2D eigenvalue weighted by molar-refractivity contribution is 6.63. The van der Waals surface area contributed by atoms with E-state index in [1.165, 1.54) is 32.1 Å². The third kappa shape index (κ3) is 14.0. The normalized spacial score (nSPS) is 11.7. The number of unbranched alkanes of at least 4 members (excludes halogenated alkanes) is 5. The fourth-order valence-corrected chi connectivity index (χ4v) is 1.76. The fraction of sp³-hybridized carbons (Fsp3) is 0.923. The topological polar surface area (TPSA) is 17.1 Å². The van der Waals surface area contributed by atoms with Crippen LogP contribution in [-0.2, 0) is 4.79 Å². The average molecular weight is 233 g/mol. The summed E-state index contributed by atoms with van der Waals surface area (Å²) in [6.07, 6.45) is 9.16. The molecule has 15 heavy (non-hydrogen) atoms. The summed E-state index contributed by atoms with van der Waals surface area (Å²) >= 11 is 5.25. The fourth-order valence-electron chi connectivity index (χ4n) is 1.63. The Morgan fingerprint density at radius 2 is 1.40 bits per heavy atom. The molecule has 0 N–H and O–H groups in total. The van der Waals surface area contributed by atoms with Crippen LogP contribution in [0.15, 0.2) is 0 Å². The molecule has 0 aliphatic carbocycles. The van der Waals surface area contributed by atoms with Crippen molar-refractivity contribution >= 4 is 16.8 Å². The van der Waals surface area contributed by atoms with E-state index in [-0.39, 0.29) is 5.24 Å². The van der Waals surface area contributed by atoms with Gasteiger partial charge in [-0.15, -0.1) is 0 Å². The van der Waals surface area contributed by atoms with Crippen molar-refractivity contribution in [1.29, 1.82) is 0 Å². The average Bonchev–Trinajstić information content (AvgIpc) is 2.07. The van der Waals surface area contributed by atoms with Crippen molar-refractivity contribution in [2.45, 2.75) is 72.1 Å². The van der Waals surface area contributed by atoms with E-state index in [4.69, 9.17) is 11.6 Å². The van der Waals surface area contributed by atoms with Crippen LogP contribution in [0.2, 0.25) is 0 Å². The monoisotopic (exact) mass is 232 g/mol. The molecule has 0 fully saturated rings. The number of hydrogen-bond donors (Lipinski definition) is 0. The van der Waals surface area contributed by atoms with E-state index in [2.05, 4.69) is 20.8 Å². The first-order valence-electron chi connectivity index (χ1n) is 6.10. The van der Waals surface area contributed by atoms with Crippen molar-refractivity contribution < 1.29 is 4.79 Å². The van der Waals surface area contributed by atoms with Crippen LogP contribution in [0.3, 0.4) is 0 Å². The lowest BCUT2D eigenvalue weighted by molar-refractivity contribution is -0.111. The van der Waals surface area contributed by atoms with Gasteiger partial charge in [0.05, 0.1) is 0 Å². The molecular formula is C13H25ClO. The summed E-state index contributed by atoms with van der Waals surface area (Å²) < 4.78 is 0. The predicted molar refractivity (Wildman–Crippen MR) is 67.3 cm³/mol. The summed E-state index contributed by atoms with van der Waals surface area (Å²) in [5, 5.41) is -0.192. The number of halogens is 1. The molecule has 0 amide bonds. The molecule has 0 saturated heterocycles. The van der Waals surface area contributed by atoms with E-state index in [0.717, 1.165) is 12.8 Å². The van der Waals surface area contributed by atoms with E-state index in [9.17, 15) is 4.79 Å². The number of rotatable bonds is 8. The SMILES string of the molecule is CC(C)(C)CCCCCCCCC(=O)Cl. The van der Waals surface area contributed by atoms with Crippen LogP contribution in [0, 0.1) is 5.41 Å². The smallest absolute Gasteiger partial charge is 0.221 e. The summed E-state index contributed by atoms with van der Waals surface area (Å²) in [7, 11) is 0. The van der Waals surface area contributed by atoms with Gasteiger partial charge in [-0.05, 0) is 29.9 Å². The van der Waals surface area contributed by atoms with Gasteiger partial charge < -0.3 is 0 Å². The van der Waals surface area contributed by atoms with Crippen LogP contribution in [-0.4, -0.2) is 5.24 Å². The number of hydrogen-bond acceptors (Lipinski definition) is 1. The molecule has 0 spiro atoms. The van der Waals surface area contributed by atoms with E-state index in [1.54, 1.807) is 0 Å². The lowest BCUT2D eigenvalue weighted by atomic mass is 9.89. The van der Waals surface area contributed by atoms with Gasteiger partial charge in [-0.2, -0.15) is 0 Å².